The van der Waals surface area contributed by atoms with E-state index in [1.807, 2.05) is 0 Å². The van der Waals surface area contributed by atoms with Crippen LogP contribution in [0.25, 0.3) is 6.08 Å². The van der Waals surface area contributed by atoms with Crippen LogP contribution in [0.5, 0.6) is 0 Å². The fourth-order valence-electron chi connectivity index (χ4n) is 2.58. The number of rotatable bonds is 6. The third-order valence-corrected chi connectivity index (χ3v) is 4.20. The maximum Gasteiger partial charge on any atom is 0.268 e. The van der Waals surface area contributed by atoms with Crippen LogP contribution in [0.15, 0.2) is 52.8 Å². The predicted molar refractivity (Wildman–Crippen MR) is 97.6 cm³/mol. The van der Waals surface area contributed by atoms with Gasteiger partial charge >= 0.3 is 0 Å². The van der Waals surface area contributed by atoms with E-state index < -0.39 is 11.8 Å². The standard InChI is InChI=1S/C19H19ClN2O4/c20-14-7-5-13(6-8-14)18(23)22-17(11-15-3-1-9-25-15)19(24)21-12-16-4-2-10-26-16/h1,3,5-9,11,16H,2,4,10,12H2,(H,21,24)(H,22,23)/b17-11+/t16-/m1/s1. The number of furan rings is 1. The lowest BCUT2D eigenvalue weighted by Crippen LogP contribution is -2.38. The smallest absolute Gasteiger partial charge is 0.268 e. The second kappa shape index (κ2) is 8.69. The first-order valence-electron chi connectivity index (χ1n) is 8.34. The highest BCUT2D eigenvalue weighted by molar-refractivity contribution is 6.30. The number of halogens is 1. The molecule has 1 saturated heterocycles. The zero-order valence-corrected chi connectivity index (χ0v) is 14.8. The molecule has 0 bridgehead atoms. The van der Waals surface area contributed by atoms with E-state index in [0.29, 0.717) is 29.5 Å². The Hall–Kier alpha value is -2.57. The number of hydrogen-bond donors (Lipinski definition) is 2. The van der Waals surface area contributed by atoms with Gasteiger partial charge in [0.05, 0.1) is 12.4 Å². The van der Waals surface area contributed by atoms with Gasteiger partial charge in [0.25, 0.3) is 11.8 Å². The Balaban J connectivity index is 1.71. The van der Waals surface area contributed by atoms with E-state index in [2.05, 4.69) is 10.6 Å². The molecule has 26 heavy (non-hydrogen) atoms. The molecule has 1 aliphatic rings. The Labute approximate surface area is 156 Å². The van der Waals surface area contributed by atoms with Crippen LogP contribution in [0.2, 0.25) is 5.02 Å². The van der Waals surface area contributed by atoms with Crippen LogP contribution < -0.4 is 10.6 Å². The topological polar surface area (TPSA) is 80.6 Å². The van der Waals surface area contributed by atoms with Crippen LogP contribution in [-0.2, 0) is 9.53 Å². The van der Waals surface area contributed by atoms with E-state index in [-0.39, 0.29) is 11.8 Å². The summed E-state index contributed by atoms with van der Waals surface area (Å²) in [7, 11) is 0. The molecule has 0 saturated carbocycles. The second-order valence-corrected chi connectivity index (χ2v) is 6.32. The molecule has 0 radical (unpaired) electrons. The maximum absolute atomic E-state index is 12.5. The molecule has 0 aliphatic carbocycles. The summed E-state index contributed by atoms with van der Waals surface area (Å²) >= 11 is 5.84. The van der Waals surface area contributed by atoms with E-state index in [1.54, 1.807) is 36.4 Å². The van der Waals surface area contributed by atoms with Gasteiger partial charge in [-0.2, -0.15) is 0 Å². The van der Waals surface area contributed by atoms with Crippen molar-refractivity contribution in [3.8, 4) is 0 Å². The van der Waals surface area contributed by atoms with Crippen LogP contribution in [0, 0.1) is 0 Å². The highest BCUT2D eigenvalue weighted by Crippen LogP contribution is 2.13. The second-order valence-electron chi connectivity index (χ2n) is 5.88. The maximum atomic E-state index is 12.5. The van der Waals surface area contributed by atoms with Crippen molar-refractivity contribution < 1.29 is 18.7 Å². The summed E-state index contributed by atoms with van der Waals surface area (Å²) < 4.78 is 10.7. The van der Waals surface area contributed by atoms with Gasteiger partial charge in [-0.25, -0.2) is 0 Å². The Kier molecular flexibility index (Phi) is 6.09. The molecule has 3 rings (SSSR count). The van der Waals surface area contributed by atoms with Gasteiger partial charge in [-0.15, -0.1) is 0 Å². The Bertz CT molecular complexity index is 778. The Morgan fingerprint density at radius 2 is 2.04 bits per heavy atom. The fraction of sp³-hybridized carbons (Fsp3) is 0.263. The Morgan fingerprint density at radius 1 is 1.23 bits per heavy atom. The molecule has 1 atom stereocenters. The summed E-state index contributed by atoms with van der Waals surface area (Å²) in [5.74, 6) is -0.352. The normalized spacial score (nSPS) is 17.1. The van der Waals surface area contributed by atoms with Crippen molar-refractivity contribution in [2.45, 2.75) is 18.9 Å². The number of nitrogens with one attached hydrogen (secondary N) is 2. The molecule has 1 aliphatic heterocycles. The van der Waals surface area contributed by atoms with E-state index in [0.717, 1.165) is 12.8 Å². The van der Waals surface area contributed by atoms with E-state index in [4.69, 9.17) is 20.8 Å². The molecule has 1 fully saturated rings. The van der Waals surface area contributed by atoms with Gasteiger partial charge in [-0.3, -0.25) is 9.59 Å². The van der Waals surface area contributed by atoms with E-state index in [1.165, 1.54) is 12.3 Å². The quantitative estimate of drug-likeness (QED) is 0.762. The van der Waals surface area contributed by atoms with Crippen molar-refractivity contribution in [1.29, 1.82) is 0 Å². The van der Waals surface area contributed by atoms with Crippen LogP contribution >= 0.6 is 11.6 Å². The van der Waals surface area contributed by atoms with Gasteiger partial charge in [-0.1, -0.05) is 11.6 Å². The average molecular weight is 375 g/mol. The SMILES string of the molecule is O=C(NC[C@H]1CCCO1)/C(=C\c1ccco1)NC(=O)c1ccc(Cl)cc1. The van der Waals surface area contributed by atoms with Gasteiger partial charge in [0.2, 0.25) is 0 Å². The predicted octanol–water partition coefficient (Wildman–Crippen LogP) is 3.00. The van der Waals surface area contributed by atoms with E-state index >= 15 is 0 Å². The minimum atomic E-state index is -0.410. The Morgan fingerprint density at radius 3 is 2.69 bits per heavy atom. The molecular formula is C19H19ClN2O4. The lowest BCUT2D eigenvalue weighted by molar-refractivity contribution is -0.118. The zero-order valence-electron chi connectivity index (χ0n) is 14.0. The van der Waals surface area contributed by atoms with Crippen molar-refractivity contribution in [3.05, 3.63) is 64.7 Å². The first-order chi connectivity index (χ1) is 12.6. The van der Waals surface area contributed by atoms with Gasteiger partial charge < -0.3 is 19.8 Å². The molecule has 6 nitrogen and oxygen atoms in total. The minimum absolute atomic E-state index is 0.00998. The highest BCUT2D eigenvalue weighted by Gasteiger charge is 2.19. The summed E-state index contributed by atoms with van der Waals surface area (Å²) in [5, 5.41) is 5.96. The van der Waals surface area contributed by atoms with Gasteiger partial charge in [0, 0.05) is 29.8 Å². The third kappa shape index (κ3) is 4.97. The van der Waals surface area contributed by atoms with Crippen molar-refractivity contribution in [2.75, 3.05) is 13.2 Å². The van der Waals surface area contributed by atoms with Gasteiger partial charge in [0.15, 0.2) is 0 Å². The third-order valence-electron chi connectivity index (χ3n) is 3.94. The number of hydrogen-bond acceptors (Lipinski definition) is 4. The molecular weight excluding hydrogens is 356 g/mol. The van der Waals surface area contributed by atoms with Crippen LogP contribution in [0.4, 0.5) is 0 Å². The molecule has 2 heterocycles. The summed E-state index contributed by atoms with van der Waals surface area (Å²) in [4.78, 5) is 25.0. The highest BCUT2D eigenvalue weighted by atomic mass is 35.5. The molecule has 7 heteroatoms. The zero-order chi connectivity index (χ0) is 18.4. The average Bonchev–Trinajstić information content (AvgIpc) is 3.33. The minimum Gasteiger partial charge on any atom is -0.465 e. The molecule has 2 aromatic rings. The summed E-state index contributed by atoms with van der Waals surface area (Å²) in [5.41, 5.74) is 0.490. The van der Waals surface area contributed by atoms with Crippen molar-refractivity contribution in [3.63, 3.8) is 0 Å². The number of amides is 2. The van der Waals surface area contributed by atoms with Crippen molar-refractivity contribution in [2.24, 2.45) is 0 Å². The largest absolute Gasteiger partial charge is 0.465 e. The summed E-state index contributed by atoms with van der Waals surface area (Å²) in [6.07, 6.45) is 4.89. The number of ether oxygens (including phenoxy) is 1. The fourth-order valence-corrected chi connectivity index (χ4v) is 2.70. The lowest BCUT2D eigenvalue weighted by atomic mass is 10.2. The first kappa shape index (κ1) is 18.2. The number of carbonyl (C=O) groups is 2. The van der Waals surface area contributed by atoms with Gasteiger partial charge in [0.1, 0.15) is 11.5 Å². The molecule has 0 spiro atoms. The first-order valence-corrected chi connectivity index (χ1v) is 8.71. The molecule has 1 aromatic carbocycles. The molecule has 2 amide bonds. The van der Waals surface area contributed by atoms with Gasteiger partial charge in [-0.05, 0) is 49.2 Å². The molecule has 1 aromatic heterocycles. The van der Waals surface area contributed by atoms with Crippen LogP contribution in [0.1, 0.15) is 29.0 Å². The van der Waals surface area contributed by atoms with Crippen LogP contribution in [0.3, 0.4) is 0 Å². The molecule has 136 valence electrons. The monoisotopic (exact) mass is 374 g/mol. The van der Waals surface area contributed by atoms with Crippen molar-refractivity contribution >= 4 is 29.5 Å². The van der Waals surface area contributed by atoms with E-state index in [9.17, 15) is 9.59 Å². The summed E-state index contributed by atoms with van der Waals surface area (Å²) in [6.45, 7) is 1.11. The number of benzene rings is 1. The molecule has 2 N–H and O–H groups in total. The molecule has 0 unspecified atom stereocenters. The van der Waals surface area contributed by atoms with Crippen molar-refractivity contribution in [1.82, 2.24) is 10.6 Å². The summed E-state index contributed by atoms with van der Waals surface area (Å²) in [6, 6.07) is 9.81. The number of carbonyl (C=O) groups excluding carboxylic acids is 2. The van der Waals surface area contributed by atoms with Crippen LogP contribution in [-0.4, -0.2) is 31.1 Å². The lowest BCUT2D eigenvalue weighted by Gasteiger charge is -2.13.